The molecule has 0 bridgehead atoms. The van der Waals surface area contributed by atoms with Crippen LogP contribution in [0.5, 0.6) is 0 Å². The zero-order chi connectivity index (χ0) is 28.6. The van der Waals surface area contributed by atoms with E-state index in [1.807, 2.05) is 36.4 Å². The highest BCUT2D eigenvalue weighted by molar-refractivity contribution is 6.07. The third-order valence-corrected chi connectivity index (χ3v) is 7.47. The summed E-state index contributed by atoms with van der Waals surface area (Å²) in [7, 11) is 0. The molecule has 1 fully saturated rings. The molecule has 208 valence electrons. The summed E-state index contributed by atoms with van der Waals surface area (Å²) >= 11 is 0. The smallest absolute Gasteiger partial charge is 0.261 e. The summed E-state index contributed by atoms with van der Waals surface area (Å²) in [6.07, 6.45) is 0.878. The first-order valence-electron chi connectivity index (χ1n) is 13.4. The maximum absolute atomic E-state index is 14.1. The van der Waals surface area contributed by atoms with Gasteiger partial charge in [0.05, 0.1) is 11.6 Å². The van der Waals surface area contributed by atoms with Crippen LogP contribution in [-0.4, -0.2) is 28.9 Å². The van der Waals surface area contributed by atoms with Gasteiger partial charge in [-0.3, -0.25) is 19.8 Å². The predicted molar refractivity (Wildman–Crippen MR) is 146 cm³/mol. The number of fused-ring (bicyclic) bond motifs is 3. The lowest BCUT2D eigenvalue weighted by Crippen LogP contribution is -2.57. The van der Waals surface area contributed by atoms with E-state index < -0.39 is 47.4 Å². The molecule has 0 saturated heterocycles. The van der Waals surface area contributed by atoms with Crippen molar-refractivity contribution in [1.29, 1.82) is 0 Å². The number of aliphatic hydroxyl groups excluding tert-OH is 1. The number of aliphatic hydroxyl groups is 1. The molecule has 0 aromatic heterocycles. The van der Waals surface area contributed by atoms with Crippen molar-refractivity contribution in [2.75, 3.05) is 5.01 Å². The second-order valence-electron chi connectivity index (χ2n) is 10.8. The molecule has 1 heterocycles. The van der Waals surface area contributed by atoms with E-state index in [1.54, 1.807) is 26.0 Å². The monoisotopic (exact) mass is 547 g/mol. The molecular formula is C31H31F2N3O4. The highest BCUT2D eigenvalue weighted by atomic mass is 19.1. The van der Waals surface area contributed by atoms with E-state index in [9.17, 15) is 28.3 Å². The highest BCUT2D eigenvalue weighted by Crippen LogP contribution is 2.46. The molecule has 2 unspecified atom stereocenters. The maximum atomic E-state index is 14.1. The molecule has 3 atom stereocenters. The average molecular weight is 548 g/mol. The molecule has 3 amide bonds. The minimum atomic E-state index is -1.91. The van der Waals surface area contributed by atoms with Gasteiger partial charge in [0.15, 0.2) is 6.10 Å². The van der Waals surface area contributed by atoms with Gasteiger partial charge in [0, 0.05) is 11.6 Å². The fourth-order valence-electron chi connectivity index (χ4n) is 5.21. The van der Waals surface area contributed by atoms with Gasteiger partial charge in [0.2, 0.25) is 0 Å². The zero-order valence-corrected chi connectivity index (χ0v) is 22.2. The number of carbonyl (C=O) groups excluding carboxylic acids is 3. The van der Waals surface area contributed by atoms with E-state index in [2.05, 4.69) is 10.7 Å². The Morgan fingerprint density at radius 3 is 2.23 bits per heavy atom. The van der Waals surface area contributed by atoms with E-state index >= 15 is 0 Å². The molecule has 2 aliphatic rings. The summed E-state index contributed by atoms with van der Waals surface area (Å²) in [5, 5.41) is 14.2. The molecule has 0 radical (unpaired) electrons. The summed E-state index contributed by atoms with van der Waals surface area (Å²) in [4.78, 5) is 40.5. The minimum absolute atomic E-state index is 0.276. The Morgan fingerprint density at radius 2 is 1.57 bits per heavy atom. The lowest BCUT2D eigenvalue weighted by molar-refractivity contribution is -0.135. The number of amides is 3. The lowest BCUT2D eigenvalue weighted by atomic mass is 9.88. The number of rotatable bonds is 8. The van der Waals surface area contributed by atoms with Crippen LogP contribution >= 0.6 is 0 Å². The molecule has 5 rings (SSSR count). The topological polar surface area (TPSA) is 98.7 Å². The Hall–Kier alpha value is -4.11. The van der Waals surface area contributed by atoms with Crippen LogP contribution in [0.3, 0.4) is 0 Å². The number of nitrogens with zero attached hydrogens (tertiary/aromatic N) is 1. The van der Waals surface area contributed by atoms with Crippen molar-refractivity contribution < 1.29 is 28.3 Å². The van der Waals surface area contributed by atoms with Gasteiger partial charge < -0.3 is 10.4 Å². The number of para-hydroxylation sites is 1. The summed E-state index contributed by atoms with van der Waals surface area (Å²) < 4.78 is 27.3. The van der Waals surface area contributed by atoms with Crippen molar-refractivity contribution in [2.45, 2.75) is 51.2 Å². The number of carbonyl (C=O) groups is 3. The normalized spacial score (nSPS) is 17.9. The Bertz CT molecular complexity index is 1440. The molecule has 40 heavy (non-hydrogen) atoms. The molecule has 7 nitrogen and oxygen atoms in total. The molecule has 1 aliphatic carbocycles. The van der Waals surface area contributed by atoms with Crippen LogP contribution < -0.4 is 15.8 Å². The first-order chi connectivity index (χ1) is 19.1. The third-order valence-electron chi connectivity index (χ3n) is 7.47. The Morgan fingerprint density at radius 1 is 0.950 bits per heavy atom. The van der Waals surface area contributed by atoms with Crippen molar-refractivity contribution in [3.05, 3.63) is 89.5 Å². The summed E-state index contributed by atoms with van der Waals surface area (Å²) in [5.41, 5.74) is 5.58. The van der Waals surface area contributed by atoms with E-state index in [-0.39, 0.29) is 11.5 Å². The van der Waals surface area contributed by atoms with Crippen LogP contribution in [-0.2, 0) is 14.4 Å². The summed E-state index contributed by atoms with van der Waals surface area (Å²) in [6, 6.07) is 16.2. The van der Waals surface area contributed by atoms with Crippen molar-refractivity contribution in [3.63, 3.8) is 0 Å². The molecule has 3 aromatic carbocycles. The zero-order valence-electron chi connectivity index (χ0n) is 22.2. The van der Waals surface area contributed by atoms with E-state index in [0.29, 0.717) is 24.1 Å². The van der Waals surface area contributed by atoms with E-state index in [0.717, 1.165) is 41.7 Å². The predicted octanol–water partition coefficient (Wildman–Crippen LogP) is 4.77. The van der Waals surface area contributed by atoms with Gasteiger partial charge in [0.1, 0.15) is 17.7 Å². The lowest BCUT2D eigenvalue weighted by Gasteiger charge is -2.30. The largest absolute Gasteiger partial charge is 0.378 e. The van der Waals surface area contributed by atoms with Crippen LogP contribution in [0.1, 0.15) is 56.3 Å². The fraction of sp³-hybridized carbons (Fsp3) is 0.323. The second kappa shape index (κ2) is 11.2. The van der Waals surface area contributed by atoms with Gasteiger partial charge in [-0.25, -0.2) is 13.8 Å². The van der Waals surface area contributed by atoms with Crippen LogP contribution in [0.15, 0.2) is 66.7 Å². The number of nitrogens with one attached hydrogen (secondary N) is 2. The van der Waals surface area contributed by atoms with Crippen molar-refractivity contribution in [2.24, 2.45) is 11.8 Å². The molecule has 1 saturated carbocycles. The Kier molecular flexibility index (Phi) is 7.67. The molecule has 0 spiro atoms. The first-order valence-corrected chi connectivity index (χ1v) is 13.4. The van der Waals surface area contributed by atoms with Gasteiger partial charge in [0.25, 0.3) is 17.7 Å². The van der Waals surface area contributed by atoms with Crippen molar-refractivity contribution >= 4 is 23.4 Å². The van der Waals surface area contributed by atoms with Crippen LogP contribution in [0, 0.1) is 23.5 Å². The third kappa shape index (κ3) is 5.60. The average Bonchev–Trinajstić information content (AvgIpc) is 3.76. The van der Waals surface area contributed by atoms with Crippen LogP contribution in [0.4, 0.5) is 14.5 Å². The van der Waals surface area contributed by atoms with E-state index in [1.165, 1.54) is 5.01 Å². The van der Waals surface area contributed by atoms with Gasteiger partial charge in [-0.05, 0) is 53.1 Å². The Balaban J connectivity index is 1.43. The molecule has 3 aromatic rings. The number of hydrogen-bond acceptors (Lipinski definition) is 4. The number of halogens is 2. The van der Waals surface area contributed by atoms with Crippen LogP contribution in [0.25, 0.3) is 11.1 Å². The number of anilines is 1. The quantitative estimate of drug-likeness (QED) is 0.379. The van der Waals surface area contributed by atoms with Crippen molar-refractivity contribution in [1.82, 2.24) is 10.7 Å². The Labute approximate surface area is 231 Å². The molecule has 9 heteroatoms. The number of hydrazine groups is 1. The number of hydrogen-bond donors (Lipinski definition) is 3. The number of benzene rings is 3. The van der Waals surface area contributed by atoms with Gasteiger partial charge in [-0.2, -0.15) is 0 Å². The van der Waals surface area contributed by atoms with Gasteiger partial charge in [-0.1, -0.05) is 69.2 Å². The van der Waals surface area contributed by atoms with Crippen molar-refractivity contribution in [3.8, 4) is 11.1 Å². The second-order valence-corrected chi connectivity index (χ2v) is 10.8. The first kappa shape index (κ1) is 27.5. The fourth-order valence-corrected chi connectivity index (χ4v) is 5.21. The molecule has 1 aliphatic heterocycles. The highest BCUT2D eigenvalue weighted by Gasteiger charge is 2.39. The SMILES string of the molecule is CC(C)[C@H](NC(=O)C(O)c1cc(F)cc(F)c1)C(=O)NN1C(=O)C(CC2CC2)c2ccccc2-c2ccccc21. The van der Waals surface area contributed by atoms with Gasteiger partial charge >= 0.3 is 0 Å². The molecular weight excluding hydrogens is 516 g/mol. The van der Waals surface area contributed by atoms with E-state index in [4.69, 9.17) is 0 Å². The molecule has 3 N–H and O–H groups in total. The van der Waals surface area contributed by atoms with Gasteiger partial charge in [-0.15, -0.1) is 0 Å². The maximum Gasteiger partial charge on any atom is 0.261 e. The summed E-state index contributed by atoms with van der Waals surface area (Å²) in [6.45, 7) is 3.39. The summed E-state index contributed by atoms with van der Waals surface area (Å²) in [5.74, 6) is -4.30. The standard InChI is InChI=1S/C31H31F2N3O4/c1-17(2)27(34-30(39)28(37)19-14-20(32)16-21(33)15-19)29(38)35-36-26-10-6-5-9-24(26)22-7-3-4-8-23(22)25(31(36)40)13-18-11-12-18/h3-10,14-18,25,27-28,37H,11-13H2,1-2H3,(H,34,39)(H,35,38)/t25?,27-,28?/m0/s1. The minimum Gasteiger partial charge on any atom is -0.378 e. The van der Waals surface area contributed by atoms with Crippen LogP contribution in [0.2, 0.25) is 0 Å².